The second kappa shape index (κ2) is 5.66. The number of nitrogens with one attached hydrogen (secondary N) is 1. The monoisotopic (exact) mass is 227 g/mol. The molecule has 1 fully saturated rings. The maximum Gasteiger partial charge on any atom is 0.110 e. The van der Waals surface area contributed by atoms with Gasteiger partial charge in [-0.15, -0.1) is 0 Å². The molecule has 1 atom stereocenters. The number of rotatable bonds is 4. The third-order valence-electron chi connectivity index (χ3n) is 3.27. The molecule has 0 aromatic carbocycles. The lowest BCUT2D eigenvalue weighted by molar-refractivity contribution is -0.0625. The highest BCUT2D eigenvalue weighted by Crippen LogP contribution is 2.19. The number of allylic oxidation sites excluding steroid dienone is 1. The molecule has 0 spiro atoms. The van der Waals surface area contributed by atoms with Crippen molar-refractivity contribution in [1.82, 2.24) is 5.32 Å². The zero-order valence-electron chi connectivity index (χ0n) is 9.65. The average Bonchev–Trinajstić information content (AvgIpc) is 2.31. The molecule has 2 heterocycles. The summed E-state index contributed by atoms with van der Waals surface area (Å²) in [6.07, 6.45) is 7.68. The van der Waals surface area contributed by atoms with Gasteiger partial charge in [0, 0.05) is 39.1 Å². The van der Waals surface area contributed by atoms with E-state index in [1.54, 1.807) is 6.26 Å². The highest BCUT2D eigenvalue weighted by Gasteiger charge is 2.29. The van der Waals surface area contributed by atoms with Gasteiger partial charge < -0.3 is 19.9 Å². The van der Waals surface area contributed by atoms with Gasteiger partial charge >= 0.3 is 0 Å². The van der Waals surface area contributed by atoms with Crippen LogP contribution in [0.25, 0.3) is 0 Å². The lowest BCUT2D eigenvalue weighted by Crippen LogP contribution is -2.46. The van der Waals surface area contributed by atoms with Crippen LogP contribution in [0, 0.1) is 0 Å². The zero-order chi connectivity index (χ0) is 11.3. The van der Waals surface area contributed by atoms with Crippen LogP contribution in [0.2, 0.25) is 0 Å². The Labute approximate surface area is 96.6 Å². The van der Waals surface area contributed by atoms with Gasteiger partial charge in [-0.25, -0.2) is 0 Å². The standard InChI is InChI=1S/C12H21NO3/c14-12(4-7-15-8-5-12)10-13-9-11-3-1-2-6-16-11/h2,6,11,13-14H,1,3-5,7-10H2. The molecule has 2 rings (SSSR count). The van der Waals surface area contributed by atoms with Gasteiger partial charge in [-0.05, 0) is 18.9 Å². The second-order valence-corrected chi connectivity index (χ2v) is 4.67. The number of ether oxygens (including phenoxy) is 2. The number of hydrogen-bond donors (Lipinski definition) is 2. The molecule has 1 unspecified atom stereocenters. The molecule has 16 heavy (non-hydrogen) atoms. The Bertz CT molecular complexity index is 236. The fourth-order valence-electron chi connectivity index (χ4n) is 2.13. The molecule has 0 aromatic heterocycles. The van der Waals surface area contributed by atoms with Crippen molar-refractivity contribution in [2.75, 3.05) is 26.3 Å². The Balaban J connectivity index is 1.64. The van der Waals surface area contributed by atoms with Gasteiger partial charge in [-0.2, -0.15) is 0 Å². The molecule has 0 aromatic rings. The average molecular weight is 227 g/mol. The predicted octanol–water partition coefficient (Wildman–Crippen LogP) is 0.810. The largest absolute Gasteiger partial charge is 0.497 e. The van der Waals surface area contributed by atoms with E-state index in [0.717, 1.165) is 32.2 Å². The summed E-state index contributed by atoms with van der Waals surface area (Å²) in [6.45, 7) is 2.79. The van der Waals surface area contributed by atoms with E-state index in [0.29, 0.717) is 19.8 Å². The van der Waals surface area contributed by atoms with Crippen molar-refractivity contribution in [1.29, 1.82) is 0 Å². The van der Waals surface area contributed by atoms with Gasteiger partial charge in [0.2, 0.25) is 0 Å². The molecule has 2 aliphatic rings. The van der Waals surface area contributed by atoms with Crippen LogP contribution in [-0.2, 0) is 9.47 Å². The number of hydrogen-bond acceptors (Lipinski definition) is 4. The molecular weight excluding hydrogens is 206 g/mol. The van der Waals surface area contributed by atoms with Crippen molar-refractivity contribution in [2.45, 2.75) is 37.4 Å². The first-order chi connectivity index (χ1) is 7.79. The first-order valence-corrected chi connectivity index (χ1v) is 6.10. The van der Waals surface area contributed by atoms with Crippen molar-refractivity contribution in [3.05, 3.63) is 12.3 Å². The summed E-state index contributed by atoms with van der Waals surface area (Å²) in [5.41, 5.74) is -0.581. The summed E-state index contributed by atoms with van der Waals surface area (Å²) < 4.78 is 10.7. The molecule has 4 nitrogen and oxygen atoms in total. The van der Waals surface area contributed by atoms with E-state index in [4.69, 9.17) is 9.47 Å². The van der Waals surface area contributed by atoms with Crippen molar-refractivity contribution < 1.29 is 14.6 Å². The van der Waals surface area contributed by atoms with Crippen LogP contribution in [-0.4, -0.2) is 43.1 Å². The van der Waals surface area contributed by atoms with E-state index in [2.05, 4.69) is 5.32 Å². The van der Waals surface area contributed by atoms with E-state index in [9.17, 15) is 5.11 Å². The fourth-order valence-corrected chi connectivity index (χ4v) is 2.13. The first-order valence-electron chi connectivity index (χ1n) is 6.10. The quantitative estimate of drug-likeness (QED) is 0.746. The van der Waals surface area contributed by atoms with Gasteiger partial charge in [0.1, 0.15) is 6.10 Å². The predicted molar refractivity (Wildman–Crippen MR) is 61.1 cm³/mol. The lowest BCUT2D eigenvalue weighted by Gasteiger charge is -2.32. The highest BCUT2D eigenvalue weighted by atomic mass is 16.5. The normalized spacial score (nSPS) is 28.7. The van der Waals surface area contributed by atoms with Crippen molar-refractivity contribution >= 4 is 0 Å². The third-order valence-corrected chi connectivity index (χ3v) is 3.27. The number of aliphatic hydroxyl groups is 1. The minimum atomic E-state index is -0.581. The topological polar surface area (TPSA) is 50.7 Å². The summed E-state index contributed by atoms with van der Waals surface area (Å²) in [5, 5.41) is 13.5. The molecule has 2 N–H and O–H groups in total. The molecule has 0 saturated carbocycles. The van der Waals surface area contributed by atoms with E-state index in [1.165, 1.54) is 0 Å². The summed E-state index contributed by atoms with van der Waals surface area (Å²) in [6, 6.07) is 0. The molecule has 0 bridgehead atoms. The summed E-state index contributed by atoms with van der Waals surface area (Å²) >= 11 is 0. The molecule has 0 amide bonds. The van der Waals surface area contributed by atoms with Gasteiger partial charge in [0.15, 0.2) is 0 Å². The smallest absolute Gasteiger partial charge is 0.110 e. The molecule has 0 aliphatic carbocycles. The van der Waals surface area contributed by atoms with Crippen molar-refractivity contribution in [3.8, 4) is 0 Å². The first kappa shape index (κ1) is 11.9. The molecule has 1 saturated heterocycles. The van der Waals surface area contributed by atoms with Crippen LogP contribution in [0.15, 0.2) is 12.3 Å². The van der Waals surface area contributed by atoms with Crippen molar-refractivity contribution in [3.63, 3.8) is 0 Å². The third kappa shape index (κ3) is 3.47. The second-order valence-electron chi connectivity index (χ2n) is 4.67. The summed E-state index contributed by atoms with van der Waals surface area (Å²) in [7, 11) is 0. The minimum Gasteiger partial charge on any atom is -0.497 e. The minimum absolute atomic E-state index is 0.258. The van der Waals surface area contributed by atoms with Gasteiger partial charge in [0.25, 0.3) is 0 Å². The van der Waals surface area contributed by atoms with E-state index in [-0.39, 0.29) is 6.10 Å². The van der Waals surface area contributed by atoms with Crippen LogP contribution in [0.3, 0.4) is 0 Å². The molecule has 0 radical (unpaired) electrons. The Kier molecular flexibility index (Phi) is 4.21. The molecule has 2 aliphatic heterocycles. The summed E-state index contributed by atoms with van der Waals surface area (Å²) in [4.78, 5) is 0. The van der Waals surface area contributed by atoms with Crippen LogP contribution in [0.1, 0.15) is 25.7 Å². The van der Waals surface area contributed by atoms with Crippen LogP contribution in [0.4, 0.5) is 0 Å². The van der Waals surface area contributed by atoms with Gasteiger partial charge in [-0.3, -0.25) is 0 Å². The summed E-state index contributed by atoms with van der Waals surface area (Å²) in [5.74, 6) is 0. The van der Waals surface area contributed by atoms with Crippen LogP contribution in [0.5, 0.6) is 0 Å². The molecule has 4 heteroatoms. The van der Waals surface area contributed by atoms with Crippen molar-refractivity contribution in [2.24, 2.45) is 0 Å². The molecular formula is C12H21NO3. The van der Waals surface area contributed by atoms with E-state index >= 15 is 0 Å². The van der Waals surface area contributed by atoms with Gasteiger partial charge in [-0.1, -0.05) is 0 Å². The van der Waals surface area contributed by atoms with E-state index in [1.807, 2.05) is 6.08 Å². The SMILES string of the molecule is OC1(CNCC2CCC=CO2)CCOCC1. The highest BCUT2D eigenvalue weighted by molar-refractivity contribution is 4.86. The Morgan fingerprint density at radius 1 is 1.38 bits per heavy atom. The van der Waals surface area contributed by atoms with Gasteiger partial charge in [0.05, 0.1) is 11.9 Å². The molecule has 92 valence electrons. The van der Waals surface area contributed by atoms with Crippen LogP contribution >= 0.6 is 0 Å². The Morgan fingerprint density at radius 2 is 2.19 bits per heavy atom. The van der Waals surface area contributed by atoms with Crippen LogP contribution < -0.4 is 5.32 Å². The maximum absolute atomic E-state index is 10.2. The maximum atomic E-state index is 10.2. The fraction of sp³-hybridized carbons (Fsp3) is 0.833. The van der Waals surface area contributed by atoms with E-state index < -0.39 is 5.60 Å². The zero-order valence-corrected chi connectivity index (χ0v) is 9.65. The Hall–Kier alpha value is -0.580. The Morgan fingerprint density at radius 3 is 2.88 bits per heavy atom. The lowest BCUT2D eigenvalue weighted by atomic mass is 9.94.